The Bertz CT molecular complexity index is 1050. The van der Waals surface area contributed by atoms with Crippen LogP contribution in [0.2, 0.25) is 5.02 Å². The van der Waals surface area contributed by atoms with Gasteiger partial charge in [0.1, 0.15) is 11.6 Å². The summed E-state index contributed by atoms with van der Waals surface area (Å²) in [5.74, 6) is -0.0149. The highest BCUT2D eigenvalue weighted by Gasteiger charge is 2.16. The summed E-state index contributed by atoms with van der Waals surface area (Å²) in [4.78, 5) is 17.1. The molecule has 1 unspecified atom stereocenters. The number of fused-ring (bicyclic) bond motifs is 1. The molecule has 0 spiro atoms. The van der Waals surface area contributed by atoms with E-state index in [9.17, 15) is 4.79 Å². The summed E-state index contributed by atoms with van der Waals surface area (Å²) in [7, 11) is 0. The number of rotatable bonds is 6. The highest BCUT2D eigenvalue weighted by atomic mass is 35.5. The molecular weight excluding hydrogens is 374 g/mol. The first-order valence-corrected chi connectivity index (χ1v) is 9.61. The Morgan fingerprint density at radius 3 is 2.68 bits per heavy atom. The largest absolute Gasteiger partial charge is 0.349 e. The van der Waals surface area contributed by atoms with Crippen molar-refractivity contribution in [2.45, 2.75) is 46.1 Å². The molecule has 1 atom stereocenters. The van der Waals surface area contributed by atoms with Gasteiger partial charge in [0.05, 0.1) is 12.2 Å². The lowest BCUT2D eigenvalue weighted by atomic mass is 10.0. The highest BCUT2D eigenvalue weighted by molar-refractivity contribution is 6.30. The molecule has 3 rings (SSSR count). The molecule has 0 radical (unpaired) electrons. The lowest BCUT2D eigenvalue weighted by Gasteiger charge is -2.18. The molecule has 6 nitrogen and oxygen atoms in total. The van der Waals surface area contributed by atoms with E-state index in [2.05, 4.69) is 21.5 Å². The van der Waals surface area contributed by atoms with Gasteiger partial charge in [-0.15, -0.1) is 0 Å². The molecule has 0 bridgehead atoms. The molecule has 0 aliphatic carbocycles. The van der Waals surface area contributed by atoms with E-state index in [1.807, 2.05) is 45.0 Å². The summed E-state index contributed by atoms with van der Waals surface area (Å²) < 4.78 is 1.67. The smallest absolute Gasteiger partial charge is 0.220 e. The molecule has 7 heteroatoms. The first-order valence-electron chi connectivity index (χ1n) is 9.23. The number of aryl methyl sites for hydroxylation is 2. The average Bonchev–Trinajstić information content (AvgIpc) is 3.09. The quantitative estimate of drug-likeness (QED) is 0.681. The molecule has 144 valence electrons. The van der Waals surface area contributed by atoms with E-state index in [1.165, 1.54) is 6.20 Å². The molecule has 28 heavy (non-hydrogen) atoms. The summed E-state index contributed by atoms with van der Waals surface area (Å²) in [5, 5.41) is 17.2. The van der Waals surface area contributed by atoms with E-state index in [4.69, 9.17) is 16.9 Å². The molecule has 3 aromatic rings. The number of nitrogens with zero attached hydrogens (tertiary/aromatic N) is 4. The van der Waals surface area contributed by atoms with Crippen LogP contribution in [0.4, 0.5) is 0 Å². The monoisotopic (exact) mass is 395 g/mol. The Kier molecular flexibility index (Phi) is 5.96. The first-order chi connectivity index (χ1) is 13.4. The molecular formula is C21H22ClN5O. The minimum Gasteiger partial charge on any atom is -0.349 e. The second kappa shape index (κ2) is 8.41. The Morgan fingerprint density at radius 1 is 1.32 bits per heavy atom. The van der Waals surface area contributed by atoms with Crippen molar-refractivity contribution in [3.8, 4) is 6.07 Å². The summed E-state index contributed by atoms with van der Waals surface area (Å²) in [6.07, 6.45) is 3.23. The summed E-state index contributed by atoms with van der Waals surface area (Å²) in [6, 6.07) is 9.60. The minimum atomic E-state index is -0.0446. The predicted octanol–water partition coefficient (Wildman–Crippen LogP) is 4.07. The van der Waals surface area contributed by atoms with Gasteiger partial charge >= 0.3 is 0 Å². The number of amides is 1. The van der Waals surface area contributed by atoms with Crippen molar-refractivity contribution in [2.24, 2.45) is 0 Å². The van der Waals surface area contributed by atoms with E-state index in [-0.39, 0.29) is 11.9 Å². The van der Waals surface area contributed by atoms with E-state index < -0.39 is 0 Å². The van der Waals surface area contributed by atoms with Crippen LogP contribution < -0.4 is 5.32 Å². The molecule has 1 N–H and O–H groups in total. The van der Waals surface area contributed by atoms with Gasteiger partial charge in [0.25, 0.3) is 0 Å². The Morgan fingerprint density at radius 2 is 2.04 bits per heavy atom. The number of nitriles is 1. The van der Waals surface area contributed by atoms with Gasteiger partial charge in [-0.3, -0.25) is 4.79 Å². The third kappa shape index (κ3) is 4.00. The minimum absolute atomic E-state index is 0.0149. The van der Waals surface area contributed by atoms with E-state index in [0.717, 1.165) is 28.9 Å². The number of hydrogen-bond acceptors (Lipinski definition) is 4. The van der Waals surface area contributed by atoms with Crippen molar-refractivity contribution >= 4 is 23.2 Å². The molecule has 0 fully saturated rings. The summed E-state index contributed by atoms with van der Waals surface area (Å²) >= 11 is 5.95. The second-order valence-electron chi connectivity index (χ2n) is 6.75. The second-order valence-corrected chi connectivity index (χ2v) is 7.18. The SMILES string of the molecule is CCC(NC(=O)CCc1c(C)nc2c(C#N)cnn2c1C)c1ccc(Cl)cc1. The Labute approximate surface area is 169 Å². The zero-order valence-corrected chi connectivity index (χ0v) is 16.9. The molecule has 0 aliphatic rings. The molecule has 1 aromatic carbocycles. The number of aromatic nitrogens is 3. The maximum atomic E-state index is 12.5. The maximum Gasteiger partial charge on any atom is 0.220 e. The van der Waals surface area contributed by atoms with Gasteiger partial charge in [-0.2, -0.15) is 10.4 Å². The fourth-order valence-electron chi connectivity index (χ4n) is 3.37. The lowest BCUT2D eigenvalue weighted by molar-refractivity contribution is -0.121. The highest BCUT2D eigenvalue weighted by Crippen LogP contribution is 2.21. The number of halogens is 1. The van der Waals surface area contributed by atoms with Crippen LogP contribution in [0, 0.1) is 25.2 Å². The fraction of sp³-hybridized carbons (Fsp3) is 0.333. The van der Waals surface area contributed by atoms with Crippen LogP contribution in [-0.4, -0.2) is 20.5 Å². The molecule has 2 heterocycles. The average molecular weight is 396 g/mol. The van der Waals surface area contributed by atoms with E-state index >= 15 is 0 Å². The molecule has 1 amide bonds. The number of hydrogen-bond donors (Lipinski definition) is 1. The van der Waals surface area contributed by atoms with Gasteiger partial charge in [0.15, 0.2) is 5.65 Å². The van der Waals surface area contributed by atoms with Crippen LogP contribution in [0.3, 0.4) is 0 Å². The summed E-state index contributed by atoms with van der Waals surface area (Å²) in [5.41, 5.74) is 4.75. The van der Waals surface area contributed by atoms with Gasteiger partial charge in [-0.25, -0.2) is 9.50 Å². The summed E-state index contributed by atoms with van der Waals surface area (Å²) in [6.45, 7) is 5.87. The maximum absolute atomic E-state index is 12.5. The van der Waals surface area contributed by atoms with Crippen LogP contribution >= 0.6 is 11.6 Å². The fourth-order valence-corrected chi connectivity index (χ4v) is 3.50. The molecule has 0 saturated heterocycles. The lowest BCUT2D eigenvalue weighted by Crippen LogP contribution is -2.28. The van der Waals surface area contributed by atoms with Crippen molar-refractivity contribution < 1.29 is 4.79 Å². The van der Waals surface area contributed by atoms with Crippen LogP contribution in [0.5, 0.6) is 0 Å². The first kappa shape index (κ1) is 19.8. The Hall–Kier alpha value is -2.91. The number of carbonyl (C=O) groups excluding carboxylic acids is 1. The van der Waals surface area contributed by atoms with Crippen LogP contribution in [0.15, 0.2) is 30.5 Å². The van der Waals surface area contributed by atoms with Crippen molar-refractivity contribution in [3.05, 3.63) is 63.6 Å². The van der Waals surface area contributed by atoms with Gasteiger partial charge in [-0.05, 0) is 49.9 Å². The van der Waals surface area contributed by atoms with Crippen molar-refractivity contribution in [1.82, 2.24) is 19.9 Å². The number of benzene rings is 1. The molecule has 2 aromatic heterocycles. The molecule has 0 saturated carbocycles. The number of nitrogens with one attached hydrogen (secondary N) is 1. The standard InChI is InChI=1S/C21H22ClN5O/c1-4-19(15-5-7-17(22)8-6-15)26-20(28)10-9-18-13(2)25-21-16(11-23)12-24-27(21)14(18)3/h5-8,12,19H,4,9-10H2,1-3H3,(H,26,28). The molecule has 0 aliphatic heterocycles. The topological polar surface area (TPSA) is 83.1 Å². The van der Waals surface area contributed by atoms with Crippen LogP contribution in [-0.2, 0) is 11.2 Å². The Balaban J connectivity index is 1.72. The normalized spacial score (nSPS) is 12.0. The number of carbonyl (C=O) groups is 1. The van der Waals surface area contributed by atoms with Crippen LogP contribution in [0.1, 0.15) is 53.9 Å². The van der Waals surface area contributed by atoms with Gasteiger partial charge < -0.3 is 5.32 Å². The van der Waals surface area contributed by atoms with Crippen LogP contribution in [0.25, 0.3) is 5.65 Å². The van der Waals surface area contributed by atoms with Gasteiger partial charge in [0.2, 0.25) is 5.91 Å². The van der Waals surface area contributed by atoms with E-state index in [0.29, 0.717) is 29.1 Å². The van der Waals surface area contributed by atoms with Crippen molar-refractivity contribution in [2.75, 3.05) is 0 Å². The third-order valence-corrected chi connectivity index (χ3v) is 5.20. The zero-order valence-electron chi connectivity index (χ0n) is 16.2. The third-order valence-electron chi connectivity index (χ3n) is 4.95. The van der Waals surface area contributed by atoms with E-state index in [1.54, 1.807) is 4.52 Å². The van der Waals surface area contributed by atoms with Gasteiger partial charge in [0, 0.05) is 22.8 Å². The predicted molar refractivity (Wildman–Crippen MR) is 108 cm³/mol. The van der Waals surface area contributed by atoms with Crippen molar-refractivity contribution in [1.29, 1.82) is 5.26 Å². The van der Waals surface area contributed by atoms with Crippen molar-refractivity contribution in [3.63, 3.8) is 0 Å². The van der Waals surface area contributed by atoms with Gasteiger partial charge in [-0.1, -0.05) is 30.7 Å². The zero-order chi connectivity index (χ0) is 20.3.